The minimum Gasteiger partial charge on any atom is -0.490 e. The van der Waals surface area contributed by atoms with Gasteiger partial charge >= 0.3 is 0 Å². The lowest BCUT2D eigenvalue weighted by Gasteiger charge is -2.36. The van der Waals surface area contributed by atoms with E-state index in [0.29, 0.717) is 30.3 Å². The maximum Gasteiger partial charge on any atom is 0.241 e. The Bertz CT molecular complexity index is 1020. The second kappa shape index (κ2) is 10.5. The van der Waals surface area contributed by atoms with E-state index in [0.717, 1.165) is 31.9 Å². The number of anilines is 1. The third kappa shape index (κ3) is 5.70. The molecule has 1 N–H and O–H groups in total. The standard InChI is InChI=1S/C23H32FN3O4S/c1-5-30-22-10-8-19(16-23(22)31-6-2)32(28,29)25-17(3)20-15-18(24)7-9-21(20)27-13-11-26(4)12-14-27/h7-10,15-17,25H,5-6,11-14H2,1-4H3. The van der Waals surface area contributed by atoms with Crippen molar-refractivity contribution in [1.82, 2.24) is 9.62 Å². The summed E-state index contributed by atoms with van der Waals surface area (Å²) in [4.78, 5) is 4.46. The molecule has 1 unspecified atom stereocenters. The summed E-state index contributed by atoms with van der Waals surface area (Å²) in [5.41, 5.74) is 1.45. The number of hydrogen-bond acceptors (Lipinski definition) is 6. The lowest BCUT2D eigenvalue weighted by atomic mass is 10.0. The molecule has 7 nitrogen and oxygen atoms in total. The van der Waals surface area contributed by atoms with Gasteiger partial charge < -0.3 is 19.3 Å². The average molecular weight is 466 g/mol. The van der Waals surface area contributed by atoms with Crippen LogP contribution in [0.5, 0.6) is 11.5 Å². The molecular formula is C23H32FN3O4S. The van der Waals surface area contributed by atoms with Crippen LogP contribution in [-0.2, 0) is 10.0 Å². The smallest absolute Gasteiger partial charge is 0.241 e. The van der Waals surface area contributed by atoms with Gasteiger partial charge in [-0.2, -0.15) is 0 Å². The number of hydrogen-bond donors (Lipinski definition) is 1. The molecular weight excluding hydrogens is 433 g/mol. The number of sulfonamides is 1. The van der Waals surface area contributed by atoms with E-state index in [-0.39, 0.29) is 4.90 Å². The van der Waals surface area contributed by atoms with Crippen LogP contribution in [0.3, 0.4) is 0 Å². The maximum atomic E-state index is 14.1. The molecule has 9 heteroatoms. The van der Waals surface area contributed by atoms with Crippen molar-refractivity contribution in [3.63, 3.8) is 0 Å². The van der Waals surface area contributed by atoms with Crippen molar-refractivity contribution >= 4 is 15.7 Å². The molecule has 0 radical (unpaired) electrons. The number of nitrogens with one attached hydrogen (secondary N) is 1. The summed E-state index contributed by atoms with van der Waals surface area (Å²) in [6, 6.07) is 8.44. The van der Waals surface area contributed by atoms with Gasteiger partial charge in [-0.25, -0.2) is 17.5 Å². The molecule has 0 amide bonds. The molecule has 0 aromatic heterocycles. The van der Waals surface area contributed by atoms with Gasteiger partial charge in [0.2, 0.25) is 10.0 Å². The number of likely N-dealkylation sites (N-methyl/N-ethyl adjacent to an activating group) is 1. The van der Waals surface area contributed by atoms with Crippen molar-refractivity contribution in [3.8, 4) is 11.5 Å². The fourth-order valence-corrected chi connectivity index (χ4v) is 5.01. The topological polar surface area (TPSA) is 71.1 Å². The molecule has 1 fully saturated rings. The van der Waals surface area contributed by atoms with Crippen molar-refractivity contribution in [3.05, 3.63) is 47.8 Å². The van der Waals surface area contributed by atoms with E-state index in [1.807, 2.05) is 13.8 Å². The first kappa shape index (κ1) is 24.3. The molecule has 2 aromatic rings. The third-order valence-electron chi connectivity index (χ3n) is 5.46. The lowest BCUT2D eigenvalue weighted by Crippen LogP contribution is -2.45. The molecule has 1 atom stereocenters. The zero-order valence-electron chi connectivity index (χ0n) is 19.1. The van der Waals surface area contributed by atoms with Crippen LogP contribution in [0.1, 0.15) is 32.4 Å². The van der Waals surface area contributed by atoms with Crippen LogP contribution in [-0.4, -0.2) is 59.8 Å². The van der Waals surface area contributed by atoms with Crippen molar-refractivity contribution in [2.45, 2.75) is 31.7 Å². The number of nitrogens with zero attached hydrogens (tertiary/aromatic N) is 2. The number of ether oxygens (including phenoxy) is 2. The highest BCUT2D eigenvalue weighted by molar-refractivity contribution is 7.89. The van der Waals surface area contributed by atoms with Gasteiger partial charge in [-0.15, -0.1) is 0 Å². The van der Waals surface area contributed by atoms with Crippen LogP contribution in [0.4, 0.5) is 10.1 Å². The van der Waals surface area contributed by atoms with E-state index in [4.69, 9.17) is 9.47 Å². The van der Waals surface area contributed by atoms with Crippen LogP contribution in [0.2, 0.25) is 0 Å². The Hall–Kier alpha value is -2.36. The summed E-state index contributed by atoms with van der Waals surface area (Å²) >= 11 is 0. The van der Waals surface area contributed by atoms with Crippen molar-refractivity contribution < 1.29 is 22.3 Å². The normalized spacial score (nSPS) is 16.1. The predicted octanol–water partition coefficient (Wildman–Crippen LogP) is 3.41. The van der Waals surface area contributed by atoms with Crippen LogP contribution < -0.4 is 19.1 Å². The molecule has 2 aromatic carbocycles. The molecule has 0 spiro atoms. The monoisotopic (exact) mass is 465 g/mol. The van der Waals surface area contributed by atoms with Crippen LogP contribution in [0.25, 0.3) is 0 Å². The number of halogens is 1. The van der Waals surface area contributed by atoms with Crippen LogP contribution >= 0.6 is 0 Å². The van der Waals surface area contributed by atoms with E-state index in [1.54, 1.807) is 19.1 Å². The quantitative estimate of drug-likeness (QED) is 0.612. The highest BCUT2D eigenvalue weighted by Crippen LogP contribution is 2.32. The molecule has 0 bridgehead atoms. The summed E-state index contributed by atoms with van der Waals surface area (Å²) in [7, 11) is -1.82. The summed E-state index contributed by atoms with van der Waals surface area (Å²) < 4.78 is 54.2. The number of piperazine rings is 1. The Morgan fingerprint density at radius 1 is 1.00 bits per heavy atom. The molecule has 1 heterocycles. The summed E-state index contributed by atoms with van der Waals surface area (Å²) in [6.07, 6.45) is 0. The fourth-order valence-electron chi connectivity index (χ4n) is 3.77. The number of rotatable bonds is 9. The predicted molar refractivity (Wildman–Crippen MR) is 124 cm³/mol. The van der Waals surface area contributed by atoms with E-state index in [2.05, 4.69) is 21.6 Å². The third-order valence-corrected chi connectivity index (χ3v) is 7.00. The van der Waals surface area contributed by atoms with Gasteiger partial charge in [0.1, 0.15) is 5.82 Å². The van der Waals surface area contributed by atoms with Crippen LogP contribution in [0.15, 0.2) is 41.3 Å². The van der Waals surface area contributed by atoms with Crippen LogP contribution in [0, 0.1) is 5.82 Å². The SMILES string of the molecule is CCOc1ccc(S(=O)(=O)NC(C)c2cc(F)ccc2N2CCN(C)CC2)cc1OCC. The first-order chi connectivity index (χ1) is 15.2. The van der Waals surface area contributed by atoms with Gasteiger partial charge in [-0.1, -0.05) is 0 Å². The minimum absolute atomic E-state index is 0.0637. The Kier molecular flexibility index (Phi) is 7.97. The second-order valence-electron chi connectivity index (χ2n) is 7.81. The second-order valence-corrected chi connectivity index (χ2v) is 9.52. The van der Waals surface area contributed by atoms with Crippen molar-refractivity contribution in [1.29, 1.82) is 0 Å². The van der Waals surface area contributed by atoms with Gasteiger partial charge in [0, 0.05) is 44.0 Å². The molecule has 0 aliphatic carbocycles. The Labute approximate surface area is 190 Å². The van der Waals surface area contributed by atoms with E-state index < -0.39 is 21.9 Å². The van der Waals surface area contributed by atoms with Crippen molar-refractivity contribution in [2.75, 3.05) is 51.3 Å². The highest BCUT2D eigenvalue weighted by atomic mass is 32.2. The molecule has 1 aliphatic heterocycles. The van der Waals surface area contributed by atoms with Gasteiger partial charge in [0.25, 0.3) is 0 Å². The van der Waals surface area contributed by atoms with Crippen molar-refractivity contribution in [2.24, 2.45) is 0 Å². The summed E-state index contributed by atoms with van der Waals surface area (Å²) in [5, 5.41) is 0. The summed E-state index contributed by atoms with van der Waals surface area (Å²) in [5.74, 6) is 0.459. The van der Waals surface area contributed by atoms with Gasteiger partial charge in [0.05, 0.1) is 18.1 Å². The zero-order chi connectivity index (χ0) is 23.3. The van der Waals surface area contributed by atoms with E-state index in [1.165, 1.54) is 24.3 Å². The molecule has 3 rings (SSSR count). The first-order valence-electron chi connectivity index (χ1n) is 10.9. The molecule has 0 saturated carbocycles. The van der Waals surface area contributed by atoms with Gasteiger partial charge in [-0.05, 0) is 63.7 Å². The highest BCUT2D eigenvalue weighted by Gasteiger charge is 2.25. The first-order valence-corrected chi connectivity index (χ1v) is 12.4. The Morgan fingerprint density at radius 2 is 1.66 bits per heavy atom. The Balaban J connectivity index is 1.87. The largest absolute Gasteiger partial charge is 0.490 e. The molecule has 176 valence electrons. The number of benzene rings is 2. The molecule has 1 saturated heterocycles. The fraction of sp³-hybridized carbons (Fsp3) is 0.478. The zero-order valence-corrected chi connectivity index (χ0v) is 19.9. The van der Waals surface area contributed by atoms with E-state index in [9.17, 15) is 12.8 Å². The van der Waals surface area contributed by atoms with Gasteiger partial charge in [0.15, 0.2) is 11.5 Å². The lowest BCUT2D eigenvalue weighted by molar-refractivity contribution is 0.287. The molecule has 32 heavy (non-hydrogen) atoms. The minimum atomic E-state index is -3.88. The van der Waals surface area contributed by atoms with E-state index >= 15 is 0 Å². The molecule has 1 aliphatic rings. The van der Waals surface area contributed by atoms with Gasteiger partial charge in [-0.3, -0.25) is 0 Å². The summed E-state index contributed by atoms with van der Waals surface area (Å²) in [6.45, 7) is 9.59. The Morgan fingerprint density at radius 3 is 2.31 bits per heavy atom. The maximum absolute atomic E-state index is 14.1. The average Bonchev–Trinajstić information content (AvgIpc) is 2.75.